The van der Waals surface area contributed by atoms with E-state index in [0.29, 0.717) is 27.1 Å². The Hall–Kier alpha value is -3.60. The SMILES string of the molecule is N#Cc1ccsc1NC(=O)COc1cc2oc(=O)cc(-c3ccccc3)c2cc1Cl. The minimum Gasteiger partial charge on any atom is -0.482 e. The number of rotatable bonds is 5. The summed E-state index contributed by atoms with van der Waals surface area (Å²) in [5.74, 6) is -0.232. The maximum atomic E-state index is 12.2. The zero-order chi connectivity index (χ0) is 21.1. The number of carbonyl (C=O) groups excluding carboxylic acids is 1. The Morgan fingerprint density at radius 2 is 2.00 bits per heavy atom. The van der Waals surface area contributed by atoms with Crippen molar-refractivity contribution in [3.8, 4) is 22.9 Å². The number of hydrogen-bond acceptors (Lipinski definition) is 6. The van der Waals surface area contributed by atoms with Gasteiger partial charge >= 0.3 is 5.63 Å². The fraction of sp³-hybridized carbons (Fsp3) is 0.0455. The van der Waals surface area contributed by atoms with Gasteiger partial charge in [0.2, 0.25) is 0 Å². The quantitative estimate of drug-likeness (QED) is 0.441. The Morgan fingerprint density at radius 3 is 2.77 bits per heavy atom. The summed E-state index contributed by atoms with van der Waals surface area (Å²) in [6.45, 7) is -0.323. The molecular weight excluding hydrogens is 424 g/mol. The molecule has 4 rings (SSSR count). The average Bonchev–Trinajstić information content (AvgIpc) is 3.19. The molecule has 0 spiro atoms. The van der Waals surface area contributed by atoms with Gasteiger partial charge in [-0.25, -0.2) is 4.79 Å². The van der Waals surface area contributed by atoms with Crippen molar-refractivity contribution in [3.63, 3.8) is 0 Å². The van der Waals surface area contributed by atoms with Crippen LogP contribution >= 0.6 is 22.9 Å². The summed E-state index contributed by atoms with van der Waals surface area (Å²) in [5.41, 5.74) is 1.71. The molecule has 30 heavy (non-hydrogen) atoms. The largest absolute Gasteiger partial charge is 0.482 e. The Balaban J connectivity index is 1.60. The molecule has 0 aliphatic carbocycles. The predicted molar refractivity (Wildman–Crippen MR) is 116 cm³/mol. The number of hydrogen-bond donors (Lipinski definition) is 1. The van der Waals surface area contributed by atoms with Crippen LogP contribution in [-0.2, 0) is 4.79 Å². The molecule has 0 fully saturated rings. The van der Waals surface area contributed by atoms with Crippen molar-refractivity contribution in [2.75, 3.05) is 11.9 Å². The van der Waals surface area contributed by atoms with Gasteiger partial charge in [0.1, 0.15) is 22.4 Å². The third-order valence-electron chi connectivity index (χ3n) is 4.28. The summed E-state index contributed by atoms with van der Waals surface area (Å²) >= 11 is 7.60. The number of nitrogens with one attached hydrogen (secondary N) is 1. The minimum absolute atomic E-state index is 0.208. The monoisotopic (exact) mass is 436 g/mol. The number of benzene rings is 2. The second kappa shape index (κ2) is 8.41. The number of halogens is 1. The number of thiophene rings is 1. The lowest BCUT2D eigenvalue weighted by Gasteiger charge is -2.11. The molecule has 8 heteroatoms. The predicted octanol–water partition coefficient (Wildman–Crippen LogP) is 5.06. The van der Waals surface area contributed by atoms with E-state index in [9.17, 15) is 9.59 Å². The number of amides is 1. The van der Waals surface area contributed by atoms with Crippen LogP contribution in [0.3, 0.4) is 0 Å². The van der Waals surface area contributed by atoms with E-state index in [1.165, 1.54) is 23.5 Å². The third kappa shape index (κ3) is 4.06. The van der Waals surface area contributed by atoms with Gasteiger partial charge in [0.05, 0.1) is 10.6 Å². The third-order valence-corrected chi connectivity index (χ3v) is 5.40. The van der Waals surface area contributed by atoms with Crippen molar-refractivity contribution in [1.82, 2.24) is 0 Å². The number of nitrogens with zero attached hydrogens (tertiary/aromatic N) is 1. The second-order valence-corrected chi connectivity index (χ2v) is 7.56. The van der Waals surface area contributed by atoms with E-state index in [0.717, 1.165) is 5.56 Å². The van der Waals surface area contributed by atoms with E-state index in [4.69, 9.17) is 26.0 Å². The standard InChI is InChI=1S/C22H13ClN2O4S/c23-17-8-16-15(13-4-2-1-3-5-13)9-21(27)29-18(16)10-19(17)28-12-20(26)25-22-14(11-24)6-7-30-22/h1-10H,12H2,(H,25,26). The molecule has 0 saturated carbocycles. The molecule has 4 aromatic rings. The zero-order valence-corrected chi connectivity index (χ0v) is 16.9. The molecule has 0 atom stereocenters. The van der Waals surface area contributed by atoms with Gasteiger partial charge < -0.3 is 14.5 Å². The molecule has 0 unspecified atom stereocenters. The highest BCUT2D eigenvalue weighted by atomic mass is 35.5. The number of ether oxygens (including phenoxy) is 1. The smallest absolute Gasteiger partial charge is 0.336 e. The molecule has 1 N–H and O–H groups in total. The van der Waals surface area contributed by atoms with Crippen molar-refractivity contribution in [1.29, 1.82) is 5.26 Å². The molecule has 0 saturated heterocycles. The molecule has 2 aromatic heterocycles. The topological polar surface area (TPSA) is 92.3 Å². The zero-order valence-electron chi connectivity index (χ0n) is 15.3. The molecule has 148 valence electrons. The molecule has 0 aliphatic rings. The second-order valence-electron chi connectivity index (χ2n) is 6.24. The van der Waals surface area contributed by atoms with Crippen LogP contribution in [0.2, 0.25) is 5.02 Å². The van der Waals surface area contributed by atoms with Gasteiger partial charge in [0, 0.05) is 17.5 Å². The highest BCUT2D eigenvalue weighted by Crippen LogP contribution is 2.34. The first kappa shape index (κ1) is 19.7. The normalized spacial score (nSPS) is 10.5. The molecule has 2 aromatic carbocycles. The number of anilines is 1. The van der Waals surface area contributed by atoms with Gasteiger partial charge in [-0.2, -0.15) is 5.26 Å². The van der Waals surface area contributed by atoms with Crippen molar-refractivity contribution in [2.45, 2.75) is 0 Å². The first-order valence-corrected chi connectivity index (χ1v) is 10.0. The van der Waals surface area contributed by atoms with E-state index >= 15 is 0 Å². The van der Waals surface area contributed by atoms with E-state index < -0.39 is 11.5 Å². The highest BCUT2D eigenvalue weighted by molar-refractivity contribution is 7.14. The van der Waals surface area contributed by atoms with Crippen LogP contribution in [0.25, 0.3) is 22.1 Å². The highest BCUT2D eigenvalue weighted by Gasteiger charge is 2.14. The van der Waals surface area contributed by atoms with E-state index in [1.807, 2.05) is 36.4 Å². The maximum Gasteiger partial charge on any atom is 0.336 e. The fourth-order valence-electron chi connectivity index (χ4n) is 2.93. The van der Waals surface area contributed by atoms with Crippen LogP contribution in [0.1, 0.15) is 5.56 Å². The maximum absolute atomic E-state index is 12.2. The van der Waals surface area contributed by atoms with Gasteiger partial charge in [0.25, 0.3) is 5.91 Å². The lowest BCUT2D eigenvalue weighted by atomic mass is 10.0. The van der Waals surface area contributed by atoms with Crippen LogP contribution in [0.15, 0.2) is 69.2 Å². The Bertz CT molecular complexity index is 1340. The summed E-state index contributed by atoms with van der Waals surface area (Å²) in [6, 6.07) is 17.6. The average molecular weight is 437 g/mol. The Labute approximate surface area is 179 Å². The number of fused-ring (bicyclic) bond motifs is 1. The summed E-state index contributed by atoms with van der Waals surface area (Å²) in [4.78, 5) is 24.2. The number of nitriles is 1. The molecule has 6 nitrogen and oxygen atoms in total. The Morgan fingerprint density at radius 1 is 1.20 bits per heavy atom. The van der Waals surface area contributed by atoms with Gasteiger partial charge in [-0.15, -0.1) is 11.3 Å². The van der Waals surface area contributed by atoms with E-state index in [2.05, 4.69) is 5.32 Å². The summed E-state index contributed by atoms with van der Waals surface area (Å²) in [5, 5.41) is 14.7. The summed E-state index contributed by atoms with van der Waals surface area (Å²) in [7, 11) is 0. The van der Waals surface area contributed by atoms with E-state index in [-0.39, 0.29) is 17.4 Å². The first-order valence-electron chi connectivity index (χ1n) is 8.78. The minimum atomic E-state index is -0.505. The summed E-state index contributed by atoms with van der Waals surface area (Å²) in [6.07, 6.45) is 0. The van der Waals surface area contributed by atoms with Gasteiger partial charge in [-0.05, 0) is 28.6 Å². The van der Waals surface area contributed by atoms with Gasteiger partial charge in [-0.1, -0.05) is 41.9 Å². The molecule has 1 amide bonds. The van der Waals surface area contributed by atoms with Crippen molar-refractivity contribution in [3.05, 3.63) is 81.0 Å². The van der Waals surface area contributed by atoms with Crippen LogP contribution in [0.5, 0.6) is 5.75 Å². The van der Waals surface area contributed by atoms with Crippen molar-refractivity contribution < 1.29 is 13.9 Å². The lowest BCUT2D eigenvalue weighted by molar-refractivity contribution is -0.118. The molecular formula is C22H13ClN2O4S. The Kier molecular flexibility index (Phi) is 5.53. The summed E-state index contributed by atoms with van der Waals surface area (Å²) < 4.78 is 10.8. The first-order chi connectivity index (χ1) is 14.5. The number of carbonyl (C=O) groups is 1. The molecule has 0 bridgehead atoms. The van der Waals surface area contributed by atoms with Crippen LogP contribution < -0.4 is 15.7 Å². The van der Waals surface area contributed by atoms with Gasteiger partial charge in [-0.3, -0.25) is 4.79 Å². The van der Waals surface area contributed by atoms with Crippen LogP contribution in [0.4, 0.5) is 5.00 Å². The molecule has 2 heterocycles. The van der Waals surface area contributed by atoms with Gasteiger partial charge in [0.15, 0.2) is 6.61 Å². The van der Waals surface area contributed by atoms with Crippen LogP contribution in [-0.4, -0.2) is 12.5 Å². The molecule has 0 aliphatic heterocycles. The van der Waals surface area contributed by atoms with Crippen LogP contribution in [0, 0.1) is 11.3 Å². The van der Waals surface area contributed by atoms with Crippen molar-refractivity contribution in [2.24, 2.45) is 0 Å². The van der Waals surface area contributed by atoms with Crippen molar-refractivity contribution >= 4 is 44.8 Å². The molecule has 0 radical (unpaired) electrons. The lowest BCUT2D eigenvalue weighted by Crippen LogP contribution is -2.20. The van der Waals surface area contributed by atoms with E-state index in [1.54, 1.807) is 17.5 Å². The fourth-order valence-corrected chi connectivity index (χ4v) is 3.90.